The Labute approximate surface area is 157 Å². The summed E-state index contributed by atoms with van der Waals surface area (Å²) in [6.07, 6.45) is 0.137. The van der Waals surface area contributed by atoms with Crippen LogP contribution >= 0.6 is 12.2 Å². The first-order chi connectivity index (χ1) is 12.6. The monoisotopic (exact) mass is 370 g/mol. The summed E-state index contributed by atoms with van der Waals surface area (Å²) >= 11 is 5.37. The highest BCUT2D eigenvalue weighted by Gasteiger charge is 2.13. The quantitative estimate of drug-likeness (QED) is 0.612. The van der Waals surface area contributed by atoms with Gasteiger partial charge in [0.15, 0.2) is 5.82 Å². The van der Waals surface area contributed by atoms with Crippen molar-refractivity contribution < 1.29 is 9.47 Å². The zero-order valence-electron chi connectivity index (χ0n) is 15.0. The van der Waals surface area contributed by atoms with Crippen molar-refractivity contribution in [2.24, 2.45) is 0 Å². The molecule has 3 aromatic rings. The van der Waals surface area contributed by atoms with Crippen molar-refractivity contribution in [1.29, 1.82) is 0 Å². The van der Waals surface area contributed by atoms with E-state index >= 15 is 0 Å². The second kappa shape index (κ2) is 8.05. The summed E-state index contributed by atoms with van der Waals surface area (Å²) in [4.78, 5) is 0. The fraction of sp³-hybridized carbons (Fsp3) is 0.263. The van der Waals surface area contributed by atoms with Crippen LogP contribution in [-0.2, 0) is 6.54 Å². The van der Waals surface area contributed by atoms with Gasteiger partial charge in [0.25, 0.3) is 0 Å². The lowest BCUT2D eigenvalue weighted by Gasteiger charge is -2.14. The van der Waals surface area contributed by atoms with Crippen LogP contribution in [0.4, 0.5) is 0 Å². The second-order valence-electron chi connectivity index (χ2n) is 6.04. The van der Waals surface area contributed by atoms with E-state index in [1.165, 1.54) is 0 Å². The molecule has 7 heteroatoms. The molecule has 0 atom stereocenters. The Morgan fingerprint density at radius 3 is 2.77 bits per heavy atom. The molecule has 0 aliphatic heterocycles. The normalized spacial score (nSPS) is 10.8. The standard InChI is InChI=1S/C19H22N4O2S/c1-13(2)25-15-8-6-7-14(11-15)12-20-23-18(21-22-19(23)26)16-9-4-5-10-17(16)24-3/h4-11,13,20H,12H2,1-3H3,(H,22,26). The molecular weight excluding hydrogens is 348 g/mol. The summed E-state index contributed by atoms with van der Waals surface area (Å²) in [7, 11) is 1.64. The minimum Gasteiger partial charge on any atom is -0.496 e. The molecule has 26 heavy (non-hydrogen) atoms. The fourth-order valence-corrected chi connectivity index (χ4v) is 2.82. The Bertz CT molecular complexity index is 933. The van der Waals surface area contributed by atoms with Crippen LogP contribution in [0.2, 0.25) is 0 Å². The van der Waals surface area contributed by atoms with E-state index in [1.54, 1.807) is 11.8 Å². The minimum atomic E-state index is 0.137. The zero-order valence-corrected chi connectivity index (χ0v) is 15.8. The maximum atomic E-state index is 5.75. The van der Waals surface area contributed by atoms with Crippen molar-refractivity contribution in [1.82, 2.24) is 14.9 Å². The number of nitrogens with one attached hydrogen (secondary N) is 2. The van der Waals surface area contributed by atoms with E-state index in [0.29, 0.717) is 17.1 Å². The van der Waals surface area contributed by atoms with Gasteiger partial charge in [0.1, 0.15) is 11.5 Å². The number of nitrogens with zero attached hydrogens (tertiary/aromatic N) is 2. The second-order valence-corrected chi connectivity index (χ2v) is 6.42. The first-order valence-corrected chi connectivity index (χ1v) is 8.79. The van der Waals surface area contributed by atoms with Gasteiger partial charge in [-0.1, -0.05) is 24.3 Å². The molecule has 0 radical (unpaired) electrons. The van der Waals surface area contributed by atoms with Crippen LogP contribution in [0.25, 0.3) is 11.4 Å². The first-order valence-electron chi connectivity index (χ1n) is 8.38. The molecule has 0 amide bonds. The zero-order chi connectivity index (χ0) is 18.5. The smallest absolute Gasteiger partial charge is 0.214 e. The summed E-state index contributed by atoms with van der Waals surface area (Å²) in [6.45, 7) is 4.59. The van der Waals surface area contributed by atoms with Crippen molar-refractivity contribution in [3.63, 3.8) is 0 Å². The molecule has 3 rings (SSSR count). The summed E-state index contributed by atoms with van der Waals surface area (Å²) in [6, 6.07) is 15.7. The molecule has 0 bridgehead atoms. The molecule has 2 N–H and O–H groups in total. The molecule has 136 valence electrons. The molecule has 0 fully saturated rings. The predicted molar refractivity (Wildman–Crippen MR) is 105 cm³/mol. The maximum Gasteiger partial charge on any atom is 0.214 e. The number of rotatable bonds is 7. The van der Waals surface area contributed by atoms with E-state index < -0.39 is 0 Å². The minimum absolute atomic E-state index is 0.137. The van der Waals surface area contributed by atoms with Gasteiger partial charge in [-0.25, -0.2) is 9.77 Å². The van der Waals surface area contributed by atoms with Gasteiger partial charge in [-0.2, -0.15) is 5.10 Å². The van der Waals surface area contributed by atoms with E-state index in [2.05, 4.69) is 15.6 Å². The third-order valence-corrected chi connectivity index (χ3v) is 4.01. The van der Waals surface area contributed by atoms with Gasteiger partial charge < -0.3 is 14.9 Å². The Balaban J connectivity index is 1.84. The van der Waals surface area contributed by atoms with Gasteiger partial charge in [-0.3, -0.25) is 0 Å². The Morgan fingerprint density at radius 1 is 1.19 bits per heavy atom. The number of aromatic nitrogens is 3. The van der Waals surface area contributed by atoms with Crippen LogP contribution < -0.4 is 14.9 Å². The topological polar surface area (TPSA) is 64.1 Å². The van der Waals surface area contributed by atoms with Crippen molar-refractivity contribution in [2.45, 2.75) is 26.5 Å². The summed E-state index contributed by atoms with van der Waals surface area (Å²) in [5, 5.41) is 7.18. The fourth-order valence-electron chi connectivity index (χ4n) is 2.62. The number of methoxy groups -OCH3 is 1. The molecular formula is C19H22N4O2S. The number of hydrogen-bond acceptors (Lipinski definition) is 5. The number of H-pyrrole nitrogens is 1. The summed E-state index contributed by atoms with van der Waals surface area (Å²) < 4.78 is 13.4. The van der Waals surface area contributed by atoms with Crippen molar-refractivity contribution in [2.75, 3.05) is 12.5 Å². The summed E-state index contributed by atoms with van der Waals surface area (Å²) in [5.41, 5.74) is 5.25. The van der Waals surface area contributed by atoms with E-state index in [1.807, 2.05) is 62.4 Å². The number of para-hydroxylation sites is 1. The van der Waals surface area contributed by atoms with Crippen LogP contribution in [0.1, 0.15) is 19.4 Å². The lowest BCUT2D eigenvalue weighted by molar-refractivity contribution is 0.242. The summed E-state index contributed by atoms with van der Waals surface area (Å²) in [5.74, 6) is 2.25. The van der Waals surface area contributed by atoms with Gasteiger partial charge in [0.05, 0.1) is 25.3 Å². The number of ether oxygens (including phenoxy) is 2. The largest absolute Gasteiger partial charge is 0.496 e. The average molecular weight is 370 g/mol. The number of aromatic amines is 1. The highest BCUT2D eigenvalue weighted by molar-refractivity contribution is 7.71. The lowest BCUT2D eigenvalue weighted by atomic mass is 10.2. The van der Waals surface area contributed by atoms with E-state index in [-0.39, 0.29) is 6.10 Å². The van der Waals surface area contributed by atoms with Crippen LogP contribution in [0, 0.1) is 4.77 Å². The first kappa shape index (κ1) is 18.0. The predicted octanol–water partition coefficient (Wildman–Crippen LogP) is 4.15. The number of hydrogen-bond donors (Lipinski definition) is 2. The Hall–Kier alpha value is -2.80. The van der Waals surface area contributed by atoms with Crippen LogP contribution in [0.5, 0.6) is 11.5 Å². The molecule has 1 heterocycles. The van der Waals surface area contributed by atoms with Gasteiger partial charge in [-0.05, 0) is 55.9 Å². The Kier molecular flexibility index (Phi) is 5.58. The maximum absolute atomic E-state index is 5.75. The third kappa shape index (κ3) is 4.05. The highest BCUT2D eigenvalue weighted by Crippen LogP contribution is 2.27. The SMILES string of the molecule is COc1ccccc1-c1n[nH]c(=S)n1NCc1cccc(OC(C)C)c1. The van der Waals surface area contributed by atoms with Gasteiger partial charge >= 0.3 is 0 Å². The van der Waals surface area contributed by atoms with E-state index in [4.69, 9.17) is 21.7 Å². The molecule has 2 aromatic carbocycles. The van der Waals surface area contributed by atoms with E-state index in [0.717, 1.165) is 22.6 Å². The van der Waals surface area contributed by atoms with Crippen LogP contribution in [0.3, 0.4) is 0 Å². The lowest BCUT2D eigenvalue weighted by Crippen LogP contribution is -2.16. The van der Waals surface area contributed by atoms with Crippen molar-refractivity contribution in [3.05, 3.63) is 58.9 Å². The average Bonchev–Trinajstić information content (AvgIpc) is 3.00. The molecule has 0 spiro atoms. The Morgan fingerprint density at radius 2 is 2.00 bits per heavy atom. The highest BCUT2D eigenvalue weighted by atomic mass is 32.1. The molecule has 0 aliphatic carbocycles. The van der Waals surface area contributed by atoms with Crippen molar-refractivity contribution >= 4 is 12.2 Å². The molecule has 0 saturated heterocycles. The molecule has 1 aromatic heterocycles. The molecule has 6 nitrogen and oxygen atoms in total. The molecule has 0 aliphatic rings. The van der Waals surface area contributed by atoms with Crippen molar-refractivity contribution in [3.8, 4) is 22.9 Å². The van der Waals surface area contributed by atoms with Crippen LogP contribution in [-0.4, -0.2) is 28.1 Å². The molecule has 0 saturated carbocycles. The van der Waals surface area contributed by atoms with Gasteiger partial charge in [-0.15, -0.1) is 0 Å². The third-order valence-electron chi connectivity index (χ3n) is 3.73. The van der Waals surface area contributed by atoms with Gasteiger partial charge in [0, 0.05) is 0 Å². The molecule has 0 unspecified atom stereocenters. The van der Waals surface area contributed by atoms with Crippen LogP contribution in [0.15, 0.2) is 48.5 Å². The number of benzene rings is 2. The van der Waals surface area contributed by atoms with Gasteiger partial charge in [0.2, 0.25) is 4.77 Å². The van der Waals surface area contributed by atoms with E-state index in [9.17, 15) is 0 Å².